The van der Waals surface area contributed by atoms with Gasteiger partial charge in [0.05, 0.1) is 18.9 Å². The van der Waals surface area contributed by atoms with Crippen molar-refractivity contribution in [1.29, 1.82) is 0 Å². The van der Waals surface area contributed by atoms with Gasteiger partial charge >= 0.3 is 0 Å². The monoisotopic (exact) mass is 471 g/mol. The number of carbonyl (C=O) groups is 2. The second-order valence-corrected chi connectivity index (χ2v) is 8.29. The van der Waals surface area contributed by atoms with Gasteiger partial charge < -0.3 is 24.1 Å². The molecule has 8 heteroatoms. The van der Waals surface area contributed by atoms with Gasteiger partial charge in [-0.05, 0) is 69.6 Å². The van der Waals surface area contributed by atoms with E-state index in [1.807, 2.05) is 24.0 Å². The second kappa shape index (κ2) is 13.0. The minimum absolute atomic E-state index is 0.0238. The van der Waals surface area contributed by atoms with Gasteiger partial charge in [0.25, 0.3) is 11.8 Å². The zero-order valence-electron chi connectivity index (χ0n) is 20.5. The Bertz CT molecular complexity index is 905. The topological polar surface area (TPSA) is 84.2 Å². The van der Waals surface area contributed by atoms with Crippen LogP contribution in [0.5, 0.6) is 11.5 Å². The highest BCUT2D eigenvalue weighted by molar-refractivity contribution is 5.95. The minimum atomic E-state index is -0.208. The molecule has 1 aliphatic rings. The fraction of sp³-hybridized carbons (Fsp3) is 0.538. The number of benzene rings is 1. The molecule has 186 valence electrons. The molecule has 3 rings (SSSR count). The van der Waals surface area contributed by atoms with Gasteiger partial charge in [-0.3, -0.25) is 14.5 Å². The van der Waals surface area contributed by atoms with Crippen molar-refractivity contribution >= 4 is 11.8 Å². The van der Waals surface area contributed by atoms with E-state index in [2.05, 4.69) is 24.1 Å². The highest BCUT2D eigenvalue weighted by atomic mass is 16.5. The first-order valence-electron chi connectivity index (χ1n) is 12.3. The summed E-state index contributed by atoms with van der Waals surface area (Å²) in [5.74, 6) is 1.50. The van der Waals surface area contributed by atoms with Gasteiger partial charge in [-0.1, -0.05) is 13.8 Å². The summed E-state index contributed by atoms with van der Waals surface area (Å²) in [6.45, 7) is 10.1. The number of nitrogens with one attached hydrogen (secondary N) is 1. The van der Waals surface area contributed by atoms with Gasteiger partial charge in [-0.2, -0.15) is 0 Å². The van der Waals surface area contributed by atoms with Gasteiger partial charge in [-0.15, -0.1) is 0 Å². The lowest BCUT2D eigenvalue weighted by Gasteiger charge is -2.28. The van der Waals surface area contributed by atoms with Crippen molar-refractivity contribution in [2.45, 2.75) is 46.1 Å². The van der Waals surface area contributed by atoms with Crippen LogP contribution in [0.15, 0.2) is 41.0 Å². The number of likely N-dealkylation sites (tertiary alicyclic amines) is 1. The SMILES string of the molecule is CCOc1cc(C(=O)NCC(c2ccco2)N(CC)CC)ccc1OCC(=O)N1CCCCC1. The van der Waals surface area contributed by atoms with Crippen molar-refractivity contribution in [3.63, 3.8) is 0 Å². The molecule has 8 nitrogen and oxygen atoms in total. The van der Waals surface area contributed by atoms with Crippen molar-refractivity contribution in [2.24, 2.45) is 0 Å². The molecular weight excluding hydrogens is 434 g/mol. The zero-order chi connectivity index (χ0) is 24.3. The van der Waals surface area contributed by atoms with Gasteiger partial charge in [0.1, 0.15) is 5.76 Å². The van der Waals surface area contributed by atoms with Crippen LogP contribution in [0.2, 0.25) is 0 Å². The Labute approximate surface area is 202 Å². The fourth-order valence-corrected chi connectivity index (χ4v) is 4.26. The van der Waals surface area contributed by atoms with E-state index in [1.54, 1.807) is 24.5 Å². The van der Waals surface area contributed by atoms with Crippen molar-refractivity contribution in [3.05, 3.63) is 47.9 Å². The number of piperidine rings is 1. The molecule has 1 unspecified atom stereocenters. The number of likely N-dealkylation sites (N-methyl/N-ethyl adjacent to an activating group) is 1. The maximum absolute atomic E-state index is 12.9. The molecule has 1 atom stereocenters. The Morgan fingerprint density at radius 1 is 1.06 bits per heavy atom. The summed E-state index contributed by atoms with van der Waals surface area (Å²) in [6.07, 6.45) is 4.89. The van der Waals surface area contributed by atoms with Gasteiger partial charge in [0.2, 0.25) is 0 Å². The molecule has 0 radical (unpaired) electrons. The number of carbonyl (C=O) groups excluding carboxylic acids is 2. The average molecular weight is 472 g/mol. The number of ether oxygens (including phenoxy) is 2. The smallest absolute Gasteiger partial charge is 0.260 e. The highest BCUT2D eigenvalue weighted by Gasteiger charge is 2.22. The third kappa shape index (κ3) is 6.76. The molecule has 2 heterocycles. The Balaban J connectivity index is 1.64. The summed E-state index contributed by atoms with van der Waals surface area (Å²) < 4.78 is 17.1. The van der Waals surface area contributed by atoms with Crippen LogP contribution in [0.1, 0.15) is 62.2 Å². The maximum atomic E-state index is 12.9. The van der Waals surface area contributed by atoms with E-state index in [1.165, 1.54) is 6.42 Å². The zero-order valence-corrected chi connectivity index (χ0v) is 20.5. The van der Waals surface area contributed by atoms with E-state index in [9.17, 15) is 9.59 Å². The summed E-state index contributed by atoms with van der Waals surface area (Å²) in [7, 11) is 0. The van der Waals surface area contributed by atoms with Gasteiger partial charge in [0.15, 0.2) is 18.1 Å². The number of hydrogen-bond donors (Lipinski definition) is 1. The first kappa shape index (κ1) is 25.6. The Morgan fingerprint density at radius 2 is 1.82 bits per heavy atom. The Hall–Kier alpha value is -3.00. The number of nitrogens with zero attached hydrogens (tertiary/aromatic N) is 2. The van der Waals surface area contributed by atoms with E-state index in [4.69, 9.17) is 13.9 Å². The lowest BCUT2D eigenvalue weighted by molar-refractivity contribution is -0.134. The van der Waals surface area contributed by atoms with Crippen LogP contribution in [0, 0.1) is 0 Å². The molecular formula is C26H37N3O5. The van der Waals surface area contributed by atoms with Crippen molar-refractivity contribution in [2.75, 3.05) is 45.9 Å². The normalized spacial score (nSPS) is 14.6. The van der Waals surface area contributed by atoms with Crippen LogP contribution in [-0.2, 0) is 4.79 Å². The third-order valence-electron chi connectivity index (χ3n) is 6.15. The predicted octanol–water partition coefficient (Wildman–Crippen LogP) is 3.88. The molecule has 1 fully saturated rings. The largest absolute Gasteiger partial charge is 0.490 e. The number of hydrogen-bond acceptors (Lipinski definition) is 6. The molecule has 0 bridgehead atoms. The molecule has 1 saturated heterocycles. The van der Waals surface area contributed by atoms with Crippen LogP contribution < -0.4 is 14.8 Å². The molecule has 2 amide bonds. The number of furan rings is 1. The highest BCUT2D eigenvalue weighted by Crippen LogP contribution is 2.29. The van der Waals surface area contributed by atoms with E-state index in [0.29, 0.717) is 30.2 Å². The van der Waals surface area contributed by atoms with Crippen molar-refractivity contribution in [1.82, 2.24) is 15.1 Å². The number of amides is 2. The first-order valence-corrected chi connectivity index (χ1v) is 12.3. The molecule has 1 N–H and O–H groups in total. The number of rotatable bonds is 12. The summed E-state index contributed by atoms with van der Waals surface area (Å²) >= 11 is 0. The molecule has 1 aromatic carbocycles. The fourth-order valence-electron chi connectivity index (χ4n) is 4.26. The van der Waals surface area contributed by atoms with Crippen molar-refractivity contribution in [3.8, 4) is 11.5 Å². The van der Waals surface area contributed by atoms with Gasteiger partial charge in [0, 0.05) is 25.2 Å². The van der Waals surface area contributed by atoms with Crippen LogP contribution in [0.25, 0.3) is 0 Å². The lowest BCUT2D eigenvalue weighted by atomic mass is 10.1. The molecule has 0 saturated carbocycles. The Kier molecular flexibility index (Phi) is 9.82. The summed E-state index contributed by atoms with van der Waals surface area (Å²) in [6, 6.07) is 8.79. The molecule has 0 spiro atoms. The summed E-state index contributed by atoms with van der Waals surface area (Å²) in [5, 5.41) is 3.02. The van der Waals surface area contributed by atoms with E-state index < -0.39 is 0 Å². The van der Waals surface area contributed by atoms with Crippen molar-refractivity contribution < 1.29 is 23.5 Å². The van der Waals surface area contributed by atoms with Crippen LogP contribution in [0.3, 0.4) is 0 Å². The first-order chi connectivity index (χ1) is 16.6. The van der Waals surface area contributed by atoms with Crippen LogP contribution in [0.4, 0.5) is 0 Å². The molecule has 1 aliphatic heterocycles. The average Bonchev–Trinajstić information content (AvgIpc) is 3.40. The standard InChI is InChI=1S/C26H37N3O5/c1-4-28(5-2)21(22-11-10-16-33-22)18-27-26(31)20-12-13-23(24(17-20)32-6-3)34-19-25(30)29-14-8-7-9-15-29/h10-13,16-17,21H,4-9,14-15,18-19H2,1-3H3,(H,27,31). The molecule has 1 aromatic heterocycles. The second-order valence-electron chi connectivity index (χ2n) is 8.29. The molecule has 0 aliphatic carbocycles. The van der Waals surface area contributed by atoms with E-state index in [0.717, 1.165) is 44.8 Å². The molecule has 2 aromatic rings. The summed E-state index contributed by atoms with van der Waals surface area (Å²) in [5.41, 5.74) is 0.468. The predicted molar refractivity (Wildman–Crippen MR) is 130 cm³/mol. The Morgan fingerprint density at radius 3 is 2.47 bits per heavy atom. The quantitative estimate of drug-likeness (QED) is 0.506. The van der Waals surface area contributed by atoms with E-state index >= 15 is 0 Å². The van der Waals surface area contributed by atoms with E-state index in [-0.39, 0.29) is 24.5 Å². The minimum Gasteiger partial charge on any atom is -0.490 e. The molecule has 34 heavy (non-hydrogen) atoms. The van der Waals surface area contributed by atoms with Gasteiger partial charge in [-0.25, -0.2) is 0 Å². The third-order valence-corrected chi connectivity index (χ3v) is 6.15. The van der Waals surface area contributed by atoms with Crippen LogP contribution in [-0.4, -0.2) is 67.6 Å². The lowest BCUT2D eigenvalue weighted by Crippen LogP contribution is -2.38. The summed E-state index contributed by atoms with van der Waals surface area (Å²) in [4.78, 5) is 29.5. The van der Waals surface area contributed by atoms with Crippen LogP contribution >= 0.6 is 0 Å². The maximum Gasteiger partial charge on any atom is 0.260 e.